The maximum atomic E-state index is 12.6. The molecule has 1 aromatic rings. The molecule has 1 unspecified atom stereocenters. The number of nitrogens with zero attached hydrogens (tertiary/aromatic N) is 3. The number of aromatic nitrogens is 1. The van der Waals surface area contributed by atoms with Crippen molar-refractivity contribution in [1.82, 2.24) is 15.2 Å². The zero-order valence-corrected chi connectivity index (χ0v) is 13.3. The first kappa shape index (κ1) is 14.6. The first-order valence-electron chi connectivity index (χ1n) is 7.66. The van der Waals surface area contributed by atoms with Gasteiger partial charge in [0, 0.05) is 39.3 Å². The van der Waals surface area contributed by atoms with Gasteiger partial charge in [0.2, 0.25) is 0 Å². The number of rotatable bonds is 2. The Morgan fingerprint density at radius 2 is 2.14 bits per heavy atom. The Labute approximate surface area is 129 Å². The molecule has 3 heterocycles. The summed E-state index contributed by atoms with van der Waals surface area (Å²) in [6.45, 7) is 7.60. The highest BCUT2D eigenvalue weighted by Gasteiger charge is 2.27. The number of thiazole rings is 1. The van der Waals surface area contributed by atoms with Gasteiger partial charge in [0.15, 0.2) is 5.13 Å². The summed E-state index contributed by atoms with van der Waals surface area (Å²) < 4.78 is 0. The van der Waals surface area contributed by atoms with Crippen molar-refractivity contribution in [2.45, 2.75) is 19.8 Å². The third kappa shape index (κ3) is 3.13. The molecule has 0 aliphatic carbocycles. The van der Waals surface area contributed by atoms with Crippen molar-refractivity contribution in [2.75, 3.05) is 49.9 Å². The average Bonchev–Trinajstić information content (AvgIpc) is 2.89. The van der Waals surface area contributed by atoms with Gasteiger partial charge in [0.05, 0.1) is 0 Å². The summed E-state index contributed by atoms with van der Waals surface area (Å²) in [7, 11) is 0. The molecule has 1 aromatic heterocycles. The van der Waals surface area contributed by atoms with E-state index in [1.54, 1.807) is 0 Å². The molecule has 0 saturated carbocycles. The lowest BCUT2D eigenvalue weighted by molar-refractivity contribution is 0.0689. The number of carbonyl (C=O) groups is 1. The van der Waals surface area contributed by atoms with E-state index in [0.29, 0.717) is 16.6 Å². The maximum absolute atomic E-state index is 12.6. The van der Waals surface area contributed by atoms with Crippen LogP contribution in [0.2, 0.25) is 0 Å². The molecule has 3 N–H and O–H groups in total. The van der Waals surface area contributed by atoms with Gasteiger partial charge >= 0.3 is 0 Å². The number of nitrogens with two attached hydrogens (primary N) is 1. The number of anilines is 2. The van der Waals surface area contributed by atoms with Gasteiger partial charge in [-0.05, 0) is 18.8 Å². The lowest BCUT2D eigenvalue weighted by atomic mass is 10.0. The van der Waals surface area contributed by atoms with Gasteiger partial charge in [-0.25, -0.2) is 4.98 Å². The lowest BCUT2D eigenvalue weighted by Crippen LogP contribution is -2.43. The van der Waals surface area contributed by atoms with Crippen molar-refractivity contribution >= 4 is 28.2 Å². The minimum atomic E-state index is 0.0536. The molecule has 116 valence electrons. The van der Waals surface area contributed by atoms with Crippen molar-refractivity contribution < 1.29 is 4.79 Å². The first-order chi connectivity index (χ1) is 10.1. The molecule has 2 aliphatic rings. The Balaban J connectivity index is 1.75. The molecule has 21 heavy (non-hydrogen) atoms. The van der Waals surface area contributed by atoms with Crippen LogP contribution in [-0.4, -0.2) is 55.1 Å². The summed E-state index contributed by atoms with van der Waals surface area (Å²) in [5.41, 5.74) is 6.00. The molecule has 7 heteroatoms. The van der Waals surface area contributed by atoms with Crippen molar-refractivity contribution in [3.05, 3.63) is 4.88 Å². The predicted octanol–water partition coefficient (Wildman–Crippen LogP) is 1.01. The molecule has 0 aromatic carbocycles. The van der Waals surface area contributed by atoms with Gasteiger partial charge in [-0.1, -0.05) is 18.3 Å². The number of piperidine rings is 1. The van der Waals surface area contributed by atoms with Gasteiger partial charge in [0.1, 0.15) is 10.7 Å². The van der Waals surface area contributed by atoms with Crippen LogP contribution in [0.1, 0.15) is 29.4 Å². The molecule has 2 aliphatic heterocycles. The second-order valence-electron chi connectivity index (χ2n) is 5.95. The van der Waals surface area contributed by atoms with E-state index < -0.39 is 0 Å². The summed E-state index contributed by atoms with van der Waals surface area (Å²) >= 11 is 1.44. The predicted molar refractivity (Wildman–Crippen MR) is 85.9 cm³/mol. The summed E-state index contributed by atoms with van der Waals surface area (Å²) in [5.74, 6) is 1.01. The number of hydrogen-bond acceptors (Lipinski definition) is 6. The number of nitrogen functional groups attached to an aromatic ring is 1. The summed E-state index contributed by atoms with van der Waals surface area (Å²) in [6, 6.07) is 0. The van der Waals surface area contributed by atoms with Crippen LogP contribution in [0.3, 0.4) is 0 Å². The van der Waals surface area contributed by atoms with E-state index in [1.165, 1.54) is 17.8 Å². The van der Waals surface area contributed by atoms with E-state index >= 15 is 0 Å². The second kappa shape index (κ2) is 6.19. The molecule has 0 radical (unpaired) electrons. The van der Waals surface area contributed by atoms with Crippen LogP contribution in [0.15, 0.2) is 0 Å². The van der Waals surface area contributed by atoms with E-state index in [9.17, 15) is 4.79 Å². The number of carbonyl (C=O) groups excluding carboxylic acids is 1. The summed E-state index contributed by atoms with van der Waals surface area (Å²) in [5, 5.41) is 4.19. The van der Waals surface area contributed by atoms with E-state index in [0.717, 1.165) is 50.8 Å². The molecule has 0 spiro atoms. The normalized spacial score (nSPS) is 23.4. The van der Waals surface area contributed by atoms with Gasteiger partial charge < -0.3 is 20.9 Å². The molecule has 1 atom stereocenters. The van der Waals surface area contributed by atoms with Gasteiger partial charge in [-0.3, -0.25) is 4.79 Å². The monoisotopic (exact) mass is 309 g/mol. The maximum Gasteiger partial charge on any atom is 0.267 e. The van der Waals surface area contributed by atoms with E-state index in [-0.39, 0.29) is 5.91 Å². The van der Waals surface area contributed by atoms with E-state index in [1.807, 2.05) is 4.90 Å². The Morgan fingerprint density at radius 3 is 2.86 bits per heavy atom. The number of amides is 1. The number of piperazine rings is 1. The number of likely N-dealkylation sites (tertiary alicyclic amines) is 1. The van der Waals surface area contributed by atoms with E-state index in [4.69, 9.17) is 5.73 Å². The number of hydrogen-bond donors (Lipinski definition) is 2. The second-order valence-corrected chi connectivity index (χ2v) is 6.92. The van der Waals surface area contributed by atoms with Crippen LogP contribution in [0.5, 0.6) is 0 Å². The third-order valence-electron chi connectivity index (χ3n) is 4.17. The molecule has 3 rings (SSSR count). The largest absolute Gasteiger partial charge is 0.382 e. The molecule has 6 nitrogen and oxygen atoms in total. The SMILES string of the molecule is CC1CCCN(C(=O)c2sc(N3CCNCC3)nc2N)C1. The van der Waals surface area contributed by atoms with Crippen molar-refractivity contribution in [3.63, 3.8) is 0 Å². The van der Waals surface area contributed by atoms with Crippen molar-refractivity contribution in [3.8, 4) is 0 Å². The first-order valence-corrected chi connectivity index (χ1v) is 8.48. The Morgan fingerprint density at radius 1 is 1.38 bits per heavy atom. The van der Waals surface area contributed by atoms with Gasteiger partial charge in [-0.2, -0.15) is 0 Å². The fourth-order valence-electron chi connectivity index (χ4n) is 2.98. The fraction of sp³-hybridized carbons (Fsp3) is 0.714. The van der Waals surface area contributed by atoms with Crippen LogP contribution in [0, 0.1) is 5.92 Å². The smallest absolute Gasteiger partial charge is 0.267 e. The number of nitrogens with one attached hydrogen (secondary N) is 1. The molecule has 2 fully saturated rings. The highest BCUT2D eigenvalue weighted by molar-refractivity contribution is 7.18. The molecule has 2 saturated heterocycles. The average molecular weight is 309 g/mol. The van der Waals surface area contributed by atoms with Crippen molar-refractivity contribution in [1.29, 1.82) is 0 Å². The van der Waals surface area contributed by atoms with Crippen LogP contribution < -0.4 is 16.0 Å². The van der Waals surface area contributed by atoms with Crippen LogP contribution in [0.4, 0.5) is 10.9 Å². The molecule has 1 amide bonds. The summed E-state index contributed by atoms with van der Waals surface area (Å²) in [4.78, 5) is 21.8. The molecular weight excluding hydrogens is 286 g/mol. The Hall–Kier alpha value is -1.34. The Kier molecular flexibility index (Phi) is 4.30. The standard InChI is InChI=1S/C14H23N5OS/c1-10-3-2-6-19(9-10)13(20)11-12(15)17-14(21-11)18-7-4-16-5-8-18/h10,16H,2-9,15H2,1H3. The highest BCUT2D eigenvalue weighted by Crippen LogP contribution is 2.30. The van der Waals surface area contributed by atoms with Gasteiger partial charge in [0.25, 0.3) is 5.91 Å². The quantitative estimate of drug-likeness (QED) is 0.853. The Bertz CT molecular complexity index is 511. The minimum absolute atomic E-state index is 0.0536. The topological polar surface area (TPSA) is 74.5 Å². The fourth-order valence-corrected chi connectivity index (χ4v) is 3.99. The highest BCUT2D eigenvalue weighted by atomic mass is 32.1. The zero-order valence-electron chi connectivity index (χ0n) is 12.5. The van der Waals surface area contributed by atoms with Crippen molar-refractivity contribution in [2.24, 2.45) is 5.92 Å². The van der Waals surface area contributed by atoms with E-state index in [2.05, 4.69) is 22.1 Å². The van der Waals surface area contributed by atoms with Crippen LogP contribution >= 0.6 is 11.3 Å². The molecule has 0 bridgehead atoms. The van der Waals surface area contributed by atoms with Crippen LogP contribution in [0.25, 0.3) is 0 Å². The molecular formula is C14H23N5OS. The minimum Gasteiger partial charge on any atom is -0.382 e. The zero-order chi connectivity index (χ0) is 14.8. The van der Waals surface area contributed by atoms with Crippen LogP contribution in [-0.2, 0) is 0 Å². The third-order valence-corrected chi connectivity index (χ3v) is 5.29. The van der Waals surface area contributed by atoms with Gasteiger partial charge in [-0.15, -0.1) is 0 Å². The lowest BCUT2D eigenvalue weighted by Gasteiger charge is -2.30. The summed E-state index contributed by atoms with van der Waals surface area (Å²) in [6.07, 6.45) is 2.28.